The lowest BCUT2D eigenvalue weighted by atomic mass is 10.2. The van der Waals surface area contributed by atoms with E-state index in [4.69, 9.17) is 4.98 Å². The van der Waals surface area contributed by atoms with Crippen LogP contribution in [0.2, 0.25) is 0 Å². The highest BCUT2D eigenvalue weighted by Crippen LogP contribution is 2.31. The van der Waals surface area contributed by atoms with E-state index in [0.717, 1.165) is 35.0 Å². The van der Waals surface area contributed by atoms with Crippen molar-refractivity contribution in [1.82, 2.24) is 9.88 Å². The lowest BCUT2D eigenvalue weighted by molar-refractivity contribution is 0.0986. The minimum absolute atomic E-state index is 0.136. The predicted octanol–water partition coefficient (Wildman–Crippen LogP) is 3.61. The van der Waals surface area contributed by atoms with Gasteiger partial charge in [0.1, 0.15) is 0 Å². The number of sulfone groups is 1. The van der Waals surface area contributed by atoms with Gasteiger partial charge in [-0.1, -0.05) is 29.5 Å². The molecule has 1 aromatic heterocycles. The van der Waals surface area contributed by atoms with E-state index in [1.165, 1.54) is 23.5 Å². The molecule has 2 aromatic carbocycles. The van der Waals surface area contributed by atoms with Crippen LogP contribution in [0.1, 0.15) is 22.3 Å². The molecule has 154 valence electrons. The zero-order valence-corrected chi connectivity index (χ0v) is 18.7. The third-order valence-corrected chi connectivity index (χ3v) is 6.74. The van der Waals surface area contributed by atoms with Crippen LogP contribution in [0.3, 0.4) is 0 Å². The molecule has 0 radical (unpaired) electrons. The maximum Gasteiger partial charge on any atom is 0.260 e. The lowest BCUT2D eigenvalue weighted by Gasteiger charge is -2.21. The summed E-state index contributed by atoms with van der Waals surface area (Å²) in [6, 6.07) is 12.2. The average Bonchev–Trinajstić information content (AvgIpc) is 3.09. The molecular weight excluding hydrogens is 406 g/mol. The first-order valence-electron chi connectivity index (χ1n) is 9.29. The number of fused-ring (bicyclic) bond motifs is 1. The Hall–Kier alpha value is -2.29. The van der Waals surface area contributed by atoms with Crippen LogP contribution in [0.25, 0.3) is 10.2 Å². The van der Waals surface area contributed by atoms with E-state index in [2.05, 4.69) is 4.90 Å². The number of thiazole rings is 1. The molecule has 0 saturated heterocycles. The fourth-order valence-electron chi connectivity index (χ4n) is 3.03. The Kier molecular flexibility index (Phi) is 6.36. The van der Waals surface area contributed by atoms with E-state index in [-0.39, 0.29) is 10.8 Å². The Bertz CT molecular complexity index is 1140. The molecular formula is C21H25N3O3S2. The molecule has 3 rings (SSSR count). The Balaban J connectivity index is 2.00. The summed E-state index contributed by atoms with van der Waals surface area (Å²) in [7, 11) is 0.584. The van der Waals surface area contributed by atoms with Gasteiger partial charge >= 0.3 is 0 Å². The molecule has 0 unspecified atom stereocenters. The van der Waals surface area contributed by atoms with Gasteiger partial charge in [-0.3, -0.25) is 9.69 Å². The largest absolute Gasteiger partial charge is 0.309 e. The van der Waals surface area contributed by atoms with Crippen molar-refractivity contribution in [2.45, 2.75) is 18.2 Å². The number of hydrogen-bond donors (Lipinski definition) is 0. The first-order valence-corrected chi connectivity index (χ1v) is 12.0. The third-order valence-electron chi connectivity index (χ3n) is 4.58. The highest BCUT2D eigenvalue weighted by Gasteiger charge is 2.22. The number of anilines is 1. The average molecular weight is 432 g/mol. The summed E-state index contributed by atoms with van der Waals surface area (Å²) < 4.78 is 24.8. The minimum Gasteiger partial charge on any atom is -0.309 e. The topological polar surface area (TPSA) is 70.6 Å². The molecule has 0 bridgehead atoms. The Morgan fingerprint density at radius 3 is 2.48 bits per heavy atom. The Morgan fingerprint density at radius 1 is 1.10 bits per heavy atom. The van der Waals surface area contributed by atoms with Crippen molar-refractivity contribution >= 4 is 42.4 Å². The number of amides is 1. The number of hydrogen-bond acceptors (Lipinski definition) is 6. The molecule has 29 heavy (non-hydrogen) atoms. The number of benzene rings is 2. The summed E-state index contributed by atoms with van der Waals surface area (Å²) in [5.41, 5.74) is 2.29. The summed E-state index contributed by atoms with van der Waals surface area (Å²) in [6.45, 7) is 3.33. The fraction of sp³-hybridized carbons (Fsp3) is 0.333. The van der Waals surface area contributed by atoms with Gasteiger partial charge in [0.25, 0.3) is 5.91 Å². The monoisotopic (exact) mass is 431 g/mol. The number of aromatic nitrogens is 1. The number of nitrogens with zero attached hydrogens (tertiary/aromatic N) is 3. The fourth-order valence-corrected chi connectivity index (χ4v) is 4.77. The van der Waals surface area contributed by atoms with Crippen LogP contribution in [0.5, 0.6) is 0 Å². The maximum absolute atomic E-state index is 13.3. The second kappa shape index (κ2) is 8.61. The van der Waals surface area contributed by atoms with Crippen molar-refractivity contribution in [2.75, 3.05) is 38.3 Å². The van der Waals surface area contributed by atoms with Gasteiger partial charge < -0.3 is 4.90 Å². The maximum atomic E-state index is 13.3. The number of aryl methyl sites for hydroxylation is 1. The molecule has 8 heteroatoms. The van der Waals surface area contributed by atoms with Crippen molar-refractivity contribution in [1.29, 1.82) is 0 Å². The van der Waals surface area contributed by atoms with E-state index < -0.39 is 9.84 Å². The summed E-state index contributed by atoms with van der Waals surface area (Å²) >= 11 is 1.47. The normalized spacial score (nSPS) is 11.9. The molecule has 0 aliphatic rings. The number of carbonyl (C=O) groups excluding carboxylic acids is 1. The van der Waals surface area contributed by atoms with Crippen LogP contribution in [0, 0.1) is 6.92 Å². The van der Waals surface area contributed by atoms with Crippen molar-refractivity contribution in [3.05, 3.63) is 53.6 Å². The van der Waals surface area contributed by atoms with Gasteiger partial charge in [-0.2, -0.15) is 0 Å². The van der Waals surface area contributed by atoms with Crippen LogP contribution < -0.4 is 4.90 Å². The molecule has 3 aromatic rings. The van der Waals surface area contributed by atoms with Crippen LogP contribution in [-0.4, -0.2) is 57.6 Å². The molecule has 0 aliphatic carbocycles. The molecule has 1 heterocycles. The van der Waals surface area contributed by atoms with E-state index in [1.54, 1.807) is 17.0 Å². The second-order valence-corrected chi connectivity index (χ2v) is 10.4. The van der Waals surface area contributed by atoms with Crippen LogP contribution in [-0.2, 0) is 9.84 Å². The number of carbonyl (C=O) groups is 1. The molecule has 0 N–H and O–H groups in total. The van der Waals surface area contributed by atoms with Gasteiger partial charge in [-0.15, -0.1) is 0 Å². The summed E-state index contributed by atoms with van der Waals surface area (Å²) in [6.07, 6.45) is 1.92. The van der Waals surface area contributed by atoms with Crippen LogP contribution >= 0.6 is 11.3 Å². The van der Waals surface area contributed by atoms with E-state index in [9.17, 15) is 13.2 Å². The summed E-state index contributed by atoms with van der Waals surface area (Å²) in [4.78, 5) is 21.9. The Labute approximate surface area is 175 Å². The summed E-state index contributed by atoms with van der Waals surface area (Å²) in [5, 5.41) is 0.628. The highest BCUT2D eigenvalue weighted by atomic mass is 32.2. The van der Waals surface area contributed by atoms with E-state index in [0.29, 0.717) is 17.2 Å². The second-order valence-electron chi connectivity index (χ2n) is 7.33. The standard InChI is InChI=1S/C21H25N3O3S2/c1-15-8-5-11-18-19(15)22-21(28-18)24(13-7-12-23(2)3)20(25)16-9-6-10-17(14-16)29(4,26)27/h5-6,8-11,14H,7,12-13H2,1-4H3. The van der Waals surface area contributed by atoms with Gasteiger partial charge in [0.05, 0.1) is 15.1 Å². The first-order chi connectivity index (χ1) is 13.7. The zero-order chi connectivity index (χ0) is 21.2. The quantitative estimate of drug-likeness (QED) is 0.572. The van der Waals surface area contributed by atoms with Crippen molar-refractivity contribution in [3.8, 4) is 0 Å². The minimum atomic E-state index is -3.39. The number of para-hydroxylation sites is 1. The van der Waals surface area contributed by atoms with Crippen LogP contribution in [0.15, 0.2) is 47.4 Å². The van der Waals surface area contributed by atoms with Crippen molar-refractivity contribution in [3.63, 3.8) is 0 Å². The number of rotatable bonds is 7. The molecule has 0 aliphatic heterocycles. The molecule has 0 saturated carbocycles. The van der Waals surface area contributed by atoms with Crippen molar-refractivity contribution < 1.29 is 13.2 Å². The Morgan fingerprint density at radius 2 is 1.83 bits per heavy atom. The molecule has 6 nitrogen and oxygen atoms in total. The predicted molar refractivity (Wildman–Crippen MR) is 119 cm³/mol. The van der Waals surface area contributed by atoms with Crippen LogP contribution in [0.4, 0.5) is 5.13 Å². The molecule has 0 spiro atoms. The van der Waals surface area contributed by atoms with E-state index >= 15 is 0 Å². The SMILES string of the molecule is Cc1cccc2sc(N(CCCN(C)C)C(=O)c3cccc(S(C)(=O)=O)c3)nc12. The lowest BCUT2D eigenvalue weighted by Crippen LogP contribution is -2.33. The van der Waals surface area contributed by atoms with Gasteiger partial charge in [0.2, 0.25) is 0 Å². The smallest absolute Gasteiger partial charge is 0.260 e. The molecule has 0 fully saturated rings. The van der Waals surface area contributed by atoms with E-state index in [1.807, 2.05) is 39.2 Å². The highest BCUT2D eigenvalue weighted by molar-refractivity contribution is 7.90. The van der Waals surface area contributed by atoms with Gasteiger partial charge in [-0.25, -0.2) is 13.4 Å². The first kappa shape index (κ1) is 21.4. The third kappa shape index (κ3) is 5.01. The van der Waals surface area contributed by atoms with Gasteiger partial charge in [0.15, 0.2) is 15.0 Å². The zero-order valence-electron chi connectivity index (χ0n) is 17.0. The molecule has 0 atom stereocenters. The van der Waals surface area contributed by atoms with Gasteiger partial charge in [0, 0.05) is 18.4 Å². The van der Waals surface area contributed by atoms with Crippen molar-refractivity contribution in [2.24, 2.45) is 0 Å². The summed E-state index contributed by atoms with van der Waals surface area (Å²) in [5.74, 6) is -0.244. The van der Waals surface area contributed by atoms with Gasteiger partial charge in [-0.05, 0) is 63.8 Å². The molecule has 1 amide bonds.